The van der Waals surface area contributed by atoms with Gasteiger partial charge in [-0.3, -0.25) is 19.3 Å². The van der Waals surface area contributed by atoms with E-state index >= 15 is 0 Å². The van der Waals surface area contributed by atoms with E-state index in [1.165, 1.54) is 4.90 Å². The van der Waals surface area contributed by atoms with Crippen LogP contribution in [0.5, 0.6) is 11.5 Å². The number of nitrogens with zero attached hydrogens (tertiary/aromatic N) is 1. The van der Waals surface area contributed by atoms with Crippen molar-refractivity contribution < 1.29 is 39.5 Å². The van der Waals surface area contributed by atoms with Crippen molar-refractivity contribution in [2.45, 2.75) is 37.8 Å². The molecule has 6 rings (SSSR count). The third-order valence-electron chi connectivity index (χ3n) is 9.86. The third-order valence-corrected chi connectivity index (χ3v) is 9.86. The molecule has 6 N–H and O–H groups in total. The van der Waals surface area contributed by atoms with Crippen molar-refractivity contribution in [3.05, 3.63) is 110 Å². The molecule has 1 saturated carbocycles. The first-order valence-electron chi connectivity index (χ1n) is 16.1. The number of carbonyl (C=O) groups excluding carboxylic acids is 3. The number of likely N-dealkylation sites (N-methyl/N-ethyl adjacent to an activating group) is 1. The van der Waals surface area contributed by atoms with Crippen molar-refractivity contribution in [2.75, 3.05) is 21.2 Å². The largest absolute Gasteiger partial charge is 0.508 e. The van der Waals surface area contributed by atoms with Gasteiger partial charge in [-0.15, -0.1) is 0 Å². The Morgan fingerprint density at radius 2 is 1.56 bits per heavy atom. The highest BCUT2D eigenvalue weighted by Crippen LogP contribution is 2.53. The zero-order valence-electron chi connectivity index (χ0n) is 28.0. The lowest BCUT2D eigenvalue weighted by atomic mass is 9.57. The molecule has 0 unspecified atom stereocenters. The molecule has 10 nitrogen and oxygen atoms in total. The Morgan fingerprint density at radius 1 is 0.960 bits per heavy atom. The van der Waals surface area contributed by atoms with Gasteiger partial charge in [0, 0.05) is 28.2 Å². The number of Topliss-reactive ketones (excluding diaryl/α,β-unsaturated/α-hetero) is 2. The van der Waals surface area contributed by atoms with Crippen LogP contribution in [0.1, 0.15) is 52.3 Å². The minimum atomic E-state index is -2.74. The molecule has 50 heavy (non-hydrogen) atoms. The van der Waals surface area contributed by atoms with Crippen LogP contribution in [0.3, 0.4) is 0 Å². The van der Waals surface area contributed by atoms with E-state index in [1.54, 1.807) is 51.5 Å². The Kier molecular flexibility index (Phi) is 8.79. The molecule has 0 saturated heterocycles. The molecule has 0 radical (unpaired) electrons. The number of aliphatic hydroxyl groups is 3. The lowest BCUT2D eigenvalue weighted by Gasteiger charge is -2.50. The molecule has 0 spiro atoms. The maximum absolute atomic E-state index is 14.3. The first-order valence-corrected chi connectivity index (χ1v) is 16.1. The summed E-state index contributed by atoms with van der Waals surface area (Å²) in [6.45, 7) is 2.06. The van der Waals surface area contributed by atoms with Gasteiger partial charge in [-0.2, -0.15) is 0 Å². The molecule has 3 aliphatic rings. The fourth-order valence-corrected chi connectivity index (χ4v) is 7.30. The number of aliphatic hydroxyl groups excluding tert-OH is 2. The molecule has 254 valence electrons. The van der Waals surface area contributed by atoms with Crippen molar-refractivity contribution in [3.8, 4) is 35.2 Å². The van der Waals surface area contributed by atoms with Gasteiger partial charge < -0.3 is 30.9 Å². The fourth-order valence-electron chi connectivity index (χ4n) is 7.30. The highest BCUT2D eigenvalue weighted by atomic mass is 16.5. The Labute approximate surface area is 289 Å². The van der Waals surface area contributed by atoms with Gasteiger partial charge in [-0.05, 0) is 92.9 Å². The van der Waals surface area contributed by atoms with Crippen LogP contribution in [0.4, 0.5) is 0 Å². The second-order valence-corrected chi connectivity index (χ2v) is 12.9. The number of ketones is 2. The van der Waals surface area contributed by atoms with E-state index in [2.05, 4.69) is 30.6 Å². The maximum Gasteiger partial charge on any atom is 0.255 e. The molecule has 4 atom stereocenters. The summed E-state index contributed by atoms with van der Waals surface area (Å²) in [7, 11) is 4.66. The van der Waals surface area contributed by atoms with Crippen LogP contribution in [0.15, 0.2) is 71.5 Å². The minimum absolute atomic E-state index is 0.0309. The van der Waals surface area contributed by atoms with Gasteiger partial charge in [0.25, 0.3) is 5.91 Å². The first kappa shape index (κ1) is 34.1. The van der Waals surface area contributed by atoms with Crippen molar-refractivity contribution >= 4 is 23.2 Å². The number of benzene rings is 3. The zero-order valence-corrected chi connectivity index (χ0v) is 28.0. The third kappa shape index (κ3) is 5.49. The summed E-state index contributed by atoms with van der Waals surface area (Å²) in [6, 6.07) is 15.2. The fraction of sp³-hybridized carbons (Fsp3) is 0.275. The number of aromatic hydroxyl groups is 1. The molecule has 1 amide bonds. The summed E-state index contributed by atoms with van der Waals surface area (Å²) in [5.74, 6) is 5.68. The molecule has 3 aromatic carbocycles. The van der Waals surface area contributed by atoms with Crippen LogP contribution >= 0.6 is 0 Å². The van der Waals surface area contributed by atoms with E-state index < -0.39 is 63.8 Å². The summed E-state index contributed by atoms with van der Waals surface area (Å²) in [5, 5.41) is 46.6. The predicted molar refractivity (Wildman–Crippen MR) is 185 cm³/mol. The normalized spacial score (nSPS) is 22.5. The van der Waals surface area contributed by atoms with Crippen LogP contribution in [0.25, 0.3) is 5.76 Å². The number of carbonyl (C=O) groups is 3. The number of ether oxygens (including phenoxy) is 1. The van der Waals surface area contributed by atoms with Gasteiger partial charge in [-0.25, -0.2) is 0 Å². The Bertz CT molecular complexity index is 2140. The number of hydrogen-bond acceptors (Lipinski definition) is 9. The number of primary amides is 1. The van der Waals surface area contributed by atoms with Gasteiger partial charge in [0.2, 0.25) is 5.78 Å². The predicted octanol–water partition coefficient (Wildman–Crippen LogP) is 3.33. The van der Waals surface area contributed by atoms with E-state index in [-0.39, 0.29) is 29.5 Å². The van der Waals surface area contributed by atoms with Crippen LogP contribution in [0, 0.1) is 35.5 Å². The van der Waals surface area contributed by atoms with E-state index in [9.17, 15) is 34.8 Å². The lowest BCUT2D eigenvalue weighted by molar-refractivity contribution is -0.153. The average molecular weight is 673 g/mol. The molecular weight excluding hydrogens is 636 g/mol. The second kappa shape index (κ2) is 12.9. The van der Waals surface area contributed by atoms with Crippen LogP contribution in [-0.2, 0) is 27.2 Å². The number of fused-ring (bicyclic) bond motifs is 3. The van der Waals surface area contributed by atoms with Crippen molar-refractivity contribution in [2.24, 2.45) is 17.6 Å². The molecule has 3 aromatic rings. The van der Waals surface area contributed by atoms with Crippen molar-refractivity contribution in [3.63, 3.8) is 0 Å². The molecule has 0 aromatic heterocycles. The maximum atomic E-state index is 14.3. The standard InChI is InChI=1S/C40H36N2O8/c1-5-21-6-8-22(9-7-21)10-14-24-18-25(15-11-23-12-16-27(50-4)17-13-23)34(43)31-28(24)19-26-20-29-33(42(2)3)36(45)32(39(41)48)38(47)40(29,49)37(46)30(26)35(31)44/h6-9,12-13,16-18,26,29,33,43-44,47,49H,5,19-20H2,1-4H3,(H2,41,48)/t26-,29-,33-,40-/m0/s1. The average Bonchev–Trinajstić information content (AvgIpc) is 3.09. The van der Waals surface area contributed by atoms with E-state index in [0.29, 0.717) is 22.4 Å². The summed E-state index contributed by atoms with van der Waals surface area (Å²) < 4.78 is 5.21. The Hall–Kier alpha value is -5.81. The van der Waals surface area contributed by atoms with Crippen molar-refractivity contribution in [1.82, 2.24) is 4.90 Å². The number of amides is 1. The molecule has 0 aliphatic heterocycles. The number of aryl methyl sites for hydroxylation is 1. The highest BCUT2D eigenvalue weighted by molar-refractivity contribution is 6.24. The summed E-state index contributed by atoms with van der Waals surface area (Å²) in [4.78, 5) is 41.5. The van der Waals surface area contributed by atoms with Crippen LogP contribution in [0.2, 0.25) is 0 Å². The summed E-state index contributed by atoms with van der Waals surface area (Å²) >= 11 is 0. The van der Waals surface area contributed by atoms with Gasteiger partial charge in [0.15, 0.2) is 11.4 Å². The number of phenols is 1. The molecule has 1 fully saturated rings. The van der Waals surface area contributed by atoms with E-state index in [4.69, 9.17) is 10.5 Å². The van der Waals surface area contributed by atoms with E-state index in [1.807, 2.05) is 24.3 Å². The Balaban J connectivity index is 1.55. The number of rotatable bonds is 4. The number of methoxy groups -OCH3 is 1. The second-order valence-electron chi connectivity index (χ2n) is 12.9. The summed E-state index contributed by atoms with van der Waals surface area (Å²) in [6.07, 6.45) is 0.946. The monoisotopic (exact) mass is 672 g/mol. The van der Waals surface area contributed by atoms with E-state index in [0.717, 1.165) is 17.5 Å². The highest BCUT2D eigenvalue weighted by Gasteiger charge is 2.64. The zero-order chi connectivity index (χ0) is 36.1. The molecule has 0 bridgehead atoms. The number of nitrogens with two attached hydrogens (primary N) is 1. The first-order chi connectivity index (χ1) is 23.8. The topological polar surface area (TPSA) is 171 Å². The molecule has 0 heterocycles. The Morgan fingerprint density at radius 3 is 2.12 bits per heavy atom. The minimum Gasteiger partial charge on any atom is -0.508 e. The lowest BCUT2D eigenvalue weighted by Crippen LogP contribution is -2.65. The number of hydrogen-bond donors (Lipinski definition) is 5. The summed E-state index contributed by atoms with van der Waals surface area (Å²) in [5.41, 5.74) is 5.07. The SMILES string of the molecule is CCc1ccc(C#Cc2cc(C#Cc3ccc(OC)cc3)c(O)c3c2C[C@H]2C[C@H]4[C@H](N(C)C)C(=O)C(C(N)=O)=C(O)[C@@]4(O)C(=O)C2=C3O)cc1. The number of phenolic OH excluding ortho intramolecular Hbond substituents is 1. The van der Waals surface area contributed by atoms with Gasteiger partial charge in [-0.1, -0.05) is 42.7 Å². The smallest absolute Gasteiger partial charge is 0.255 e. The van der Waals surface area contributed by atoms with Gasteiger partial charge >= 0.3 is 0 Å². The van der Waals surface area contributed by atoms with Gasteiger partial charge in [0.05, 0.1) is 24.3 Å². The van der Waals surface area contributed by atoms with Crippen molar-refractivity contribution in [1.29, 1.82) is 0 Å². The van der Waals surface area contributed by atoms with Crippen LogP contribution in [-0.4, -0.2) is 75.6 Å². The molecule has 10 heteroatoms. The van der Waals surface area contributed by atoms with Gasteiger partial charge in [0.1, 0.15) is 28.6 Å². The molecule has 3 aliphatic carbocycles. The molecular formula is C40H36N2O8. The van der Waals surface area contributed by atoms with Crippen LogP contribution < -0.4 is 10.5 Å². The quantitative estimate of drug-likeness (QED) is 0.206.